The predicted octanol–water partition coefficient (Wildman–Crippen LogP) is 3.64. The SMILES string of the molecule is N#CC(C#N)(C/C=C/S(=O)(=O)c1ccccc1)Cc1ccccc1. The molecule has 0 saturated heterocycles. The average Bonchev–Trinajstić information content (AvgIpc) is 2.62. The minimum Gasteiger partial charge on any atom is -0.219 e. The van der Waals surface area contributed by atoms with Crippen LogP contribution in [0.15, 0.2) is 77.0 Å². The maximum absolute atomic E-state index is 12.2. The van der Waals surface area contributed by atoms with Crippen LogP contribution in [0.2, 0.25) is 0 Å². The van der Waals surface area contributed by atoms with Crippen LogP contribution in [0.5, 0.6) is 0 Å². The second-order valence-corrected chi connectivity index (χ2v) is 7.24. The molecule has 2 rings (SSSR count). The number of benzene rings is 2. The van der Waals surface area contributed by atoms with Gasteiger partial charge in [-0.3, -0.25) is 0 Å². The van der Waals surface area contributed by atoms with Crippen LogP contribution in [-0.2, 0) is 16.3 Å². The number of hydrogen-bond donors (Lipinski definition) is 0. The summed E-state index contributed by atoms with van der Waals surface area (Å²) in [5, 5.41) is 19.9. The molecule has 0 radical (unpaired) electrons. The van der Waals surface area contributed by atoms with Gasteiger partial charge in [0.1, 0.15) is 0 Å². The Labute approximate surface area is 142 Å². The summed E-state index contributed by atoms with van der Waals surface area (Å²) in [5.41, 5.74) is -0.427. The smallest absolute Gasteiger partial charge is 0.199 e. The van der Waals surface area contributed by atoms with Gasteiger partial charge in [0.15, 0.2) is 15.3 Å². The molecule has 0 aliphatic heterocycles. The van der Waals surface area contributed by atoms with Crippen LogP contribution in [0.3, 0.4) is 0 Å². The van der Waals surface area contributed by atoms with Crippen molar-refractivity contribution in [2.75, 3.05) is 0 Å². The highest BCUT2D eigenvalue weighted by atomic mass is 32.2. The molecule has 0 atom stereocenters. The molecular weight excluding hydrogens is 320 g/mol. The van der Waals surface area contributed by atoms with E-state index in [-0.39, 0.29) is 17.7 Å². The molecule has 2 aromatic carbocycles. The molecule has 0 heterocycles. The van der Waals surface area contributed by atoms with Crippen molar-refractivity contribution in [3.8, 4) is 12.1 Å². The summed E-state index contributed by atoms with van der Waals surface area (Å²) >= 11 is 0. The lowest BCUT2D eigenvalue weighted by molar-refractivity contribution is 0.526. The zero-order valence-electron chi connectivity index (χ0n) is 13.0. The van der Waals surface area contributed by atoms with Gasteiger partial charge in [-0.25, -0.2) is 8.42 Å². The van der Waals surface area contributed by atoms with Gasteiger partial charge in [-0.2, -0.15) is 10.5 Å². The average molecular weight is 336 g/mol. The van der Waals surface area contributed by atoms with Gasteiger partial charge in [-0.15, -0.1) is 0 Å². The van der Waals surface area contributed by atoms with Gasteiger partial charge in [0.05, 0.1) is 17.0 Å². The maximum Gasteiger partial charge on any atom is 0.199 e. The molecule has 0 aliphatic carbocycles. The first kappa shape index (κ1) is 17.5. The molecule has 120 valence electrons. The quantitative estimate of drug-likeness (QED) is 0.806. The molecule has 2 aromatic rings. The molecule has 0 fully saturated rings. The van der Waals surface area contributed by atoms with Gasteiger partial charge in [-0.05, 0) is 24.1 Å². The third-order valence-corrected chi connectivity index (χ3v) is 5.07. The first-order valence-corrected chi connectivity index (χ1v) is 8.89. The summed E-state index contributed by atoms with van der Waals surface area (Å²) in [4.78, 5) is 0.184. The second-order valence-electron chi connectivity index (χ2n) is 5.40. The minimum atomic E-state index is -3.57. The van der Waals surface area contributed by atoms with Crippen molar-refractivity contribution in [1.29, 1.82) is 10.5 Å². The van der Waals surface area contributed by atoms with Crippen molar-refractivity contribution < 1.29 is 8.42 Å². The summed E-state index contributed by atoms with van der Waals surface area (Å²) in [6.45, 7) is 0. The Morgan fingerprint density at radius 1 is 0.917 bits per heavy atom. The number of rotatable bonds is 6. The van der Waals surface area contributed by atoms with E-state index >= 15 is 0 Å². The first-order chi connectivity index (χ1) is 11.5. The third-order valence-electron chi connectivity index (χ3n) is 3.59. The monoisotopic (exact) mass is 336 g/mol. The van der Waals surface area contributed by atoms with Gasteiger partial charge >= 0.3 is 0 Å². The zero-order chi connectivity index (χ0) is 17.5. The number of allylic oxidation sites excluding steroid dienone is 1. The fraction of sp³-hybridized carbons (Fsp3) is 0.158. The zero-order valence-corrected chi connectivity index (χ0v) is 13.8. The molecule has 0 unspecified atom stereocenters. The Bertz CT molecular complexity index is 876. The summed E-state index contributed by atoms with van der Waals surface area (Å²) in [7, 11) is -3.57. The standard InChI is InChI=1S/C19H16N2O2S/c20-15-19(16-21,14-17-8-3-1-4-9-17)12-7-13-24(22,23)18-10-5-2-6-11-18/h1-11,13H,12,14H2/b13-7+. The van der Waals surface area contributed by atoms with Gasteiger partial charge in [0, 0.05) is 11.8 Å². The maximum atomic E-state index is 12.2. The van der Waals surface area contributed by atoms with Crippen molar-refractivity contribution in [1.82, 2.24) is 0 Å². The lowest BCUT2D eigenvalue weighted by Crippen LogP contribution is -2.18. The Hall–Kier alpha value is -2.89. The summed E-state index contributed by atoms with van der Waals surface area (Å²) in [5.74, 6) is 0. The summed E-state index contributed by atoms with van der Waals surface area (Å²) < 4.78 is 24.4. The first-order valence-electron chi connectivity index (χ1n) is 7.34. The second kappa shape index (κ2) is 7.59. The number of nitrogens with zero attached hydrogens (tertiary/aromatic N) is 2. The van der Waals surface area contributed by atoms with Crippen molar-refractivity contribution in [3.63, 3.8) is 0 Å². The van der Waals surface area contributed by atoms with Gasteiger partial charge < -0.3 is 0 Å². The predicted molar refractivity (Wildman–Crippen MR) is 91.2 cm³/mol. The van der Waals surface area contributed by atoms with E-state index in [1.807, 2.05) is 42.5 Å². The molecular formula is C19H16N2O2S. The molecule has 24 heavy (non-hydrogen) atoms. The van der Waals surface area contributed by atoms with E-state index in [0.717, 1.165) is 11.0 Å². The van der Waals surface area contributed by atoms with Crippen LogP contribution >= 0.6 is 0 Å². The van der Waals surface area contributed by atoms with Gasteiger partial charge in [-0.1, -0.05) is 54.6 Å². The van der Waals surface area contributed by atoms with E-state index in [1.54, 1.807) is 18.2 Å². The van der Waals surface area contributed by atoms with Crippen LogP contribution in [0, 0.1) is 28.1 Å². The number of hydrogen-bond acceptors (Lipinski definition) is 4. The van der Waals surface area contributed by atoms with E-state index in [4.69, 9.17) is 0 Å². The highest BCUT2D eigenvalue weighted by Crippen LogP contribution is 2.27. The van der Waals surface area contributed by atoms with Crippen LogP contribution in [0.1, 0.15) is 12.0 Å². The number of sulfone groups is 1. The third kappa shape index (κ3) is 4.32. The molecule has 0 aliphatic rings. The Kier molecular flexibility index (Phi) is 5.52. The molecule has 0 aromatic heterocycles. The topological polar surface area (TPSA) is 81.7 Å². The molecule has 0 spiro atoms. The Morgan fingerprint density at radius 3 is 2.00 bits per heavy atom. The van der Waals surface area contributed by atoms with Crippen molar-refractivity contribution >= 4 is 9.84 Å². The summed E-state index contributed by atoms with van der Waals surface area (Å²) in [6.07, 6.45) is 1.68. The lowest BCUT2D eigenvalue weighted by atomic mass is 9.81. The fourth-order valence-electron chi connectivity index (χ4n) is 2.28. The molecule has 4 nitrogen and oxygen atoms in total. The largest absolute Gasteiger partial charge is 0.219 e. The van der Waals surface area contributed by atoms with Crippen LogP contribution in [-0.4, -0.2) is 8.42 Å². The molecule has 0 saturated carbocycles. The highest BCUT2D eigenvalue weighted by Gasteiger charge is 2.29. The van der Waals surface area contributed by atoms with Crippen LogP contribution < -0.4 is 0 Å². The Morgan fingerprint density at radius 2 is 1.46 bits per heavy atom. The van der Waals surface area contributed by atoms with Crippen molar-refractivity contribution in [2.45, 2.75) is 17.7 Å². The van der Waals surface area contributed by atoms with E-state index in [1.165, 1.54) is 18.2 Å². The van der Waals surface area contributed by atoms with Crippen molar-refractivity contribution in [2.24, 2.45) is 5.41 Å². The van der Waals surface area contributed by atoms with E-state index in [2.05, 4.69) is 0 Å². The number of nitriles is 2. The van der Waals surface area contributed by atoms with Gasteiger partial charge in [0.25, 0.3) is 0 Å². The van der Waals surface area contributed by atoms with E-state index < -0.39 is 15.3 Å². The van der Waals surface area contributed by atoms with E-state index in [9.17, 15) is 18.9 Å². The fourth-order valence-corrected chi connectivity index (χ4v) is 3.32. The van der Waals surface area contributed by atoms with Crippen molar-refractivity contribution in [3.05, 3.63) is 77.7 Å². The lowest BCUT2D eigenvalue weighted by Gasteiger charge is -2.16. The molecule has 0 N–H and O–H groups in total. The Balaban J connectivity index is 2.18. The highest BCUT2D eigenvalue weighted by molar-refractivity contribution is 7.94. The minimum absolute atomic E-state index is 0.0426. The molecule has 0 amide bonds. The molecule has 0 bridgehead atoms. The summed E-state index contributed by atoms with van der Waals surface area (Å²) in [6, 6.07) is 21.3. The van der Waals surface area contributed by atoms with E-state index in [0.29, 0.717) is 0 Å². The van der Waals surface area contributed by atoms with Crippen LogP contribution in [0.25, 0.3) is 0 Å². The normalized spacial score (nSPS) is 11.8. The van der Waals surface area contributed by atoms with Crippen LogP contribution in [0.4, 0.5) is 0 Å². The molecule has 5 heteroatoms. The van der Waals surface area contributed by atoms with Gasteiger partial charge in [0.2, 0.25) is 0 Å².